The molecule has 1 rings (SSSR count). The van der Waals surface area contributed by atoms with E-state index in [2.05, 4.69) is 0 Å². The fourth-order valence-corrected chi connectivity index (χ4v) is 0.913. The summed E-state index contributed by atoms with van der Waals surface area (Å²) in [4.78, 5) is 10.5. The molecular weight excluding hydrogens is 104 g/mol. The zero-order chi connectivity index (χ0) is 5.98. The molecule has 0 spiro atoms. The van der Waals surface area contributed by atoms with Gasteiger partial charge in [-0.2, -0.15) is 0 Å². The first-order valence-electron chi connectivity index (χ1n) is 2.96. The number of hydrogen-bond donors (Lipinski definition) is 0. The molecular formula is C6H9O2. The van der Waals surface area contributed by atoms with E-state index in [0.717, 1.165) is 0 Å². The number of rotatable bonds is 0. The molecule has 0 atom stereocenters. The van der Waals surface area contributed by atoms with Crippen LogP contribution in [0.3, 0.4) is 0 Å². The smallest absolute Gasteiger partial charge is 0.133 e. The van der Waals surface area contributed by atoms with Crippen molar-refractivity contribution in [2.24, 2.45) is 0 Å². The first-order valence-corrected chi connectivity index (χ1v) is 2.96. The van der Waals surface area contributed by atoms with Gasteiger partial charge in [-0.15, -0.1) is 0 Å². The molecule has 0 aromatic carbocycles. The highest BCUT2D eigenvalue weighted by molar-refractivity contribution is 5.79. The molecule has 1 aliphatic carbocycles. The molecule has 0 N–H and O–H groups in total. The predicted octanol–water partition coefficient (Wildman–Crippen LogP) is 0.929. The maximum absolute atomic E-state index is 10.5. The number of carbonyl (C=O) groups is 1. The average molecular weight is 113 g/mol. The summed E-state index contributed by atoms with van der Waals surface area (Å²) in [6, 6.07) is 0. The molecule has 1 aliphatic rings. The van der Waals surface area contributed by atoms with Gasteiger partial charge in [-0.25, -0.2) is 5.11 Å². The van der Waals surface area contributed by atoms with Crippen molar-refractivity contribution in [2.75, 3.05) is 0 Å². The van der Waals surface area contributed by atoms with Crippen molar-refractivity contribution in [3.05, 3.63) is 0 Å². The Labute approximate surface area is 48.5 Å². The van der Waals surface area contributed by atoms with Crippen LogP contribution in [0.2, 0.25) is 0 Å². The van der Waals surface area contributed by atoms with E-state index in [4.69, 9.17) is 0 Å². The number of hydrogen-bond acceptors (Lipinski definition) is 1. The Morgan fingerprint density at radius 2 is 1.75 bits per heavy atom. The average Bonchev–Trinajstić information content (AvgIpc) is 1.77. The van der Waals surface area contributed by atoms with Gasteiger partial charge in [-0.3, -0.25) is 4.79 Å². The molecule has 2 heteroatoms. The van der Waals surface area contributed by atoms with Crippen LogP contribution in [0.15, 0.2) is 0 Å². The third-order valence-corrected chi connectivity index (χ3v) is 1.49. The predicted molar refractivity (Wildman–Crippen MR) is 27.9 cm³/mol. The third-order valence-electron chi connectivity index (χ3n) is 1.49. The highest BCUT2D eigenvalue weighted by Gasteiger charge is 2.16. The lowest BCUT2D eigenvalue weighted by Crippen LogP contribution is -2.16. The number of carbonyl (C=O) groups excluding carboxylic acids is 1. The van der Waals surface area contributed by atoms with Crippen molar-refractivity contribution < 1.29 is 9.90 Å². The molecule has 0 heterocycles. The second-order valence-electron chi connectivity index (χ2n) is 2.24. The van der Waals surface area contributed by atoms with E-state index in [1.807, 2.05) is 0 Å². The van der Waals surface area contributed by atoms with Crippen molar-refractivity contribution in [1.29, 1.82) is 0 Å². The first-order chi connectivity index (χ1) is 3.79. The fraction of sp³-hybridized carbons (Fsp3) is 0.833. The van der Waals surface area contributed by atoms with Crippen molar-refractivity contribution >= 4 is 5.78 Å². The van der Waals surface area contributed by atoms with Crippen LogP contribution in [-0.2, 0) is 9.90 Å². The van der Waals surface area contributed by atoms with Crippen LogP contribution in [0.25, 0.3) is 0 Å². The normalized spacial score (nSPS) is 23.9. The summed E-state index contributed by atoms with van der Waals surface area (Å²) in [6.07, 6.45) is 1.73. The van der Waals surface area contributed by atoms with Gasteiger partial charge in [0.05, 0.1) is 6.10 Å². The van der Waals surface area contributed by atoms with Gasteiger partial charge in [0.15, 0.2) is 0 Å². The summed E-state index contributed by atoms with van der Waals surface area (Å²) in [5.74, 6) is 0.261. The van der Waals surface area contributed by atoms with Crippen molar-refractivity contribution in [3.63, 3.8) is 0 Å². The third kappa shape index (κ3) is 1.30. The standard InChI is InChI=1S/C6H9O2/c7-5-1-2-6(8)4-3-5/h5H,1-4H2. The topological polar surface area (TPSA) is 37.0 Å². The Kier molecular flexibility index (Phi) is 1.63. The zero-order valence-corrected chi connectivity index (χ0v) is 4.72. The summed E-state index contributed by atoms with van der Waals surface area (Å²) in [7, 11) is 0. The maximum atomic E-state index is 10.5. The van der Waals surface area contributed by atoms with Gasteiger partial charge < -0.3 is 0 Å². The van der Waals surface area contributed by atoms with Gasteiger partial charge in [0, 0.05) is 12.8 Å². The maximum Gasteiger partial charge on any atom is 0.133 e. The van der Waals surface area contributed by atoms with Crippen LogP contribution in [0.1, 0.15) is 25.7 Å². The van der Waals surface area contributed by atoms with E-state index >= 15 is 0 Å². The van der Waals surface area contributed by atoms with Crippen LogP contribution in [0.5, 0.6) is 0 Å². The Morgan fingerprint density at radius 3 is 2.12 bits per heavy atom. The van der Waals surface area contributed by atoms with Crippen LogP contribution in [-0.4, -0.2) is 11.9 Å². The molecule has 8 heavy (non-hydrogen) atoms. The zero-order valence-electron chi connectivity index (χ0n) is 4.72. The number of Topliss-reactive ketones (excluding diaryl/α,β-unsaturated/α-hetero) is 1. The SMILES string of the molecule is [O]C1CCC(=O)CC1. The molecule has 0 aromatic rings. The van der Waals surface area contributed by atoms with Crippen LogP contribution < -0.4 is 0 Å². The summed E-state index contributed by atoms with van der Waals surface area (Å²) in [5.41, 5.74) is 0. The van der Waals surface area contributed by atoms with Crippen molar-refractivity contribution in [3.8, 4) is 0 Å². The summed E-state index contributed by atoms with van der Waals surface area (Å²) < 4.78 is 0. The number of ketones is 1. The van der Waals surface area contributed by atoms with Gasteiger partial charge in [0.2, 0.25) is 0 Å². The molecule has 1 fully saturated rings. The Bertz CT molecular complexity index is 88.7. The second-order valence-corrected chi connectivity index (χ2v) is 2.24. The summed E-state index contributed by atoms with van der Waals surface area (Å²) >= 11 is 0. The lowest BCUT2D eigenvalue weighted by atomic mass is 9.97. The van der Waals surface area contributed by atoms with Crippen LogP contribution in [0, 0.1) is 0 Å². The first kappa shape index (κ1) is 5.76. The van der Waals surface area contributed by atoms with Crippen LogP contribution in [0.4, 0.5) is 0 Å². The van der Waals surface area contributed by atoms with Crippen molar-refractivity contribution in [2.45, 2.75) is 31.8 Å². The minimum Gasteiger partial charge on any atom is -0.300 e. The fourth-order valence-electron chi connectivity index (χ4n) is 0.913. The molecule has 0 aromatic heterocycles. The van der Waals surface area contributed by atoms with Gasteiger partial charge in [0.1, 0.15) is 5.78 Å². The minimum absolute atomic E-state index is 0.261. The molecule has 0 bridgehead atoms. The molecule has 0 aliphatic heterocycles. The molecule has 0 amide bonds. The Morgan fingerprint density at radius 1 is 1.25 bits per heavy atom. The quantitative estimate of drug-likeness (QED) is 0.460. The van der Waals surface area contributed by atoms with E-state index < -0.39 is 6.10 Å². The monoisotopic (exact) mass is 113 g/mol. The minimum atomic E-state index is -0.451. The summed E-state index contributed by atoms with van der Waals surface area (Å²) in [6.45, 7) is 0. The van der Waals surface area contributed by atoms with E-state index in [1.54, 1.807) is 0 Å². The van der Waals surface area contributed by atoms with Crippen molar-refractivity contribution in [1.82, 2.24) is 0 Å². The van der Waals surface area contributed by atoms with Gasteiger partial charge in [-0.1, -0.05) is 0 Å². The van der Waals surface area contributed by atoms with E-state index in [1.165, 1.54) is 0 Å². The van der Waals surface area contributed by atoms with Crippen LogP contribution >= 0.6 is 0 Å². The Balaban J connectivity index is 2.29. The van der Waals surface area contributed by atoms with Gasteiger partial charge >= 0.3 is 0 Å². The summed E-state index contributed by atoms with van der Waals surface area (Å²) in [5, 5.41) is 10.5. The van der Waals surface area contributed by atoms with Gasteiger partial charge in [0.25, 0.3) is 0 Å². The highest BCUT2D eigenvalue weighted by Crippen LogP contribution is 2.14. The second kappa shape index (κ2) is 2.27. The molecule has 2 nitrogen and oxygen atoms in total. The molecule has 45 valence electrons. The highest BCUT2D eigenvalue weighted by atomic mass is 16.3. The lowest BCUT2D eigenvalue weighted by Gasteiger charge is -2.11. The molecule has 1 radical (unpaired) electrons. The molecule has 0 unspecified atom stereocenters. The Hall–Kier alpha value is -0.370. The lowest BCUT2D eigenvalue weighted by molar-refractivity contribution is -0.122. The largest absolute Gasteiger partial charge is 0.300 e. The van der Waals surface area contributed by atoms with Gasteiger partial charge in [-0.05, 0) is 12.8 Å². The van der Waals surface area contributed by atoms with E-state index in [9.17, 15) is 9.90 Å². The molecule has 1 saturated carbocycles. The van der Waals surface area contributed by atoms with E-state index in [0.29, 0.717) is 25.7 Å². The molecule has 0 saturated heterocycles. The van der Waals surface area contributed by atoms with E-state index in [-0.39, 0.29) is 5.78 Å².